The Bertz CT molecular complexity index is 1390. The Balaban J connectivity index is 1.52. The summed E-state index contributed by atoms with van der Waals surface area (Å²) in [6, 6.07) is 18.2. The van der Waals surface area contributed by atoms with Crippen molar-refractivity contribution >= 4 is 27.2 Å². The van der Waals surface area contributed by atoms with Crippen molar-refractivity contribution < 1.29 is 29.2 Å². The molecule has 0 radical (unpaired) electrons. The first-order valence-corrected chi connectivity index (χ1v) is 13.0. The Morgan fingerprint density at radius 2 is 1.84 bits per heavy atom. The lowest BCUT2D eigenvalue weighted by Crippen LogP contribution is -2.35. The summed E-state index contributed by atoms with van der Waals surface area (Å²) in [7, 11) is 1.63. The van der Waals surface area contributed by atoms with Crippen LogP contribution in [0.15, 0.2) is 60.7 Å². The van der Waals surface area contributed by atoms with Crippen molar-refractivity contribution in [1.82, 2.24) is 4.90 Å². The molecular formula is C29H29NO6S. The smallest absolute Gasteiger partial charge is 0.195 e. The molecular weight excluding hydrogens is 490 g/mol. The Kier molecular flexibility index (Phi) is 7.71. The molecule has 0 spiro atoms. The second-order valence-electron chi connectivity index (χ2n) is 8.83. The second kappa shape index (κ2) is 11.3. The zero-order chi connectivity index (χ0) is 25.8. The largest absolute Gasteiger partial charge is 0.508 e. The molecule has 4 aromatic rings. The van der Waals surface area contributed by atoms with E-state index in [0.717, 1.165) is 58.9 Å². The minimum atomic E-state index is -0.108. The predicted octanol–water partition coefficient (Wildman–Crippen LogP) is 4.72. The first-order chi connectivity index (χ1) is 18.1. The van der Waals surface area contributed by atoms with Gasteiger partial charge in [0.2, 0.25) is 0 Å². The summed E-state index contributed by atoms with van der Waals surface area (Å²) < 4.78 is 17.5. The van der Waals surface area contributed by atoms with Crippen LogP contribution < -0.4 is 9.47 Å². The van der Waals surface area contributed by atoms with Crippen molar-refractivity contribution in [3.05, 3.63) is 77.4 Å². The van der Waals surface area contributed by atoms with Gasteiger partial charge in [-0.1, -0.05) is 12.1 Å². The van der Waals surface area contributed by atoms with Crippen molar-refractivity contribution in [2.45, 2.75) is 6.54 Å². The molecule has 1 aliphatic heterocycles. The van der Waals surface area contributed by atoms with Crippen molar-refractivity contribution in [2.75, 3.05) is 46.6 Å². The van der Waals surface area contributed by atoms with Crippen molar-refractivity contribution in [1.29, 1.82) is 0 Å². The maximum atomic E-state index is 14.0. The predicted molar refractivity (Wildman–Crippen MR) is 144 cm³/mol. The number of hydrogen-bond acceptors (Lipinski definition) is 8. The monoisotopic (exact) mass is 519 g/mol. The van der Waals surface area contributed by atoms with Crippen LogP contribution in [0.1, 0.15) is 21.5 Å². The number of carbonyl (C=O) groups excluding carboxylic acids is 1. The third-order valence-corrected chi connectivity index (χ3v) is 7.63. The van der Waals surface area contributed by atoms with E-state index in [1.807, 2.05) is 42.5 Å². The number of rotatable bonds is 9. The van der Waals surface area contributed by atoms with Crippen molar-refractivity contribution in [3.8, 4) is 27.7 Å². The normalized spacial score (nSPS) is 14.1. The number of ether oxygens (including phenoxy) is 3. The fraction of sp³-hybridized carbons (Fsp3) is 0.276. The van der Waals surface area contributed by atoms with Crippen LogP contribution in [0.25, 0.3) is 20.5 Å². The molecule has 1 saturated heterocycles. The van der Waals surface area contributed by atoms with Crippen LogP contribution in [-0.4, -0.2) is 67.5 Å². The standard InChI is InChI=1S/C29H29NO6S/c1-34-25-16-20(2-3-21(25)18-30-10-13-35-14-11-30)28(33)27-24-9-6-22(32)17-26(24)37-29(27)19-4-7-23(8-5-19)36-15-12-31/h2-9,16-17,31-32H,10-15,18H2,1H3. The van der Waals surface area contributed by atoms with Gasteiger partial charge in [0.05, 0.1) is 26.9 Å². The van der Waals surface area contributed by atoms with Crippen molar-refractivity contribution in [3.63, 3.8) is 0 Å². The average molecular weight is 520 g/mol. The molecule has 192 valence electrons. The number of phenols is 1. The van der Waals surface area contributed by atoms with Gasteiger partial charge >= 0.3 is 0 Å². The summed E-state index contributed by atoms with van der Waals surface area (Å²) >= 11 is 1.46. The van der Waals surface area contributed by atoms with E-state index in [0.29, 0.717) is 22.6 Å². The highest BCUT2D eigenvalue weighted by atomic mass is 32.1. The Hall–Kier alpha value is -3.43. The number of benzene rings is 3. The molecule has 1 aliphatic rings. The molecule has 5 rings (SSSR count). The summed E-state index contributed by atoms with van der Waals surface area (Å²) in [5.74, 6) is 1.37. The number of phenolic OH excluding ortho intramolecular Hbond substituents is 1. The second-order valence-corrected chi connectivity index (χ2v) is 9.88. The zero-order valence-electron chi connectivity index (χ0n) is 20.6. The third-order valence-electron chi connectivity index (χ3n) is 6.42. The first kappa shape index (κ1) is 25.2. The van der Waals surface area contributed by atoms with Gasteiger partial charge in [-0.05, 0) is 54.1 Å². The number of thiophene rings is 1. The van der Waals surface area contributed by atoms with Crippen LogP contribution in [0, 0.1) is 0 Å². The molecule has 0 amide bonds. The highest BCUT2D eigenvalue weighted by Crippen LogP contribution is 2.42. The maximum absolute atomic E-state index is 14.0. The van der Waals surface area contributed by atoms with Crippen LogP contribution in [0.2, 0.25) is 0 Å². The average Bonchev–Trinajstić information content (AvgIpc) is 3.31. The number of hydrogen-bond donors (Lipinski definition) is 2. The maximum Gasteiger partial charge on any atom is 0.195 e. The van der Waals surface area contributed by atoms with E-state index in [4.69, 9.17) is 19.3 Å². The number of fused-ring (bicyclic) bond motifs is 1. The minimum absolute atomic E-state index is 0.0606. The van der Waals surface area contributed by atoms with Gasteiger partial charge in [-0.3, -0.25) is 9.69 Å². The van der Waals surface area contributed by atoms with Crippen LogP contribution in [0.5, 0.6) is 17.2 Å². The summed E-state index contributed by atoms with van der Waals surface area (Å²) in [5, 5.41) is 19.9. The van der Waals surface area contributed by atoms with E-state index < -0.39 is 0 Å². The van der Waals surface area contributed by atoms with Gasteiger partial charge < -0.3 is 24.4 Å². The first-order valence-electron chi connectivity index (χ1n) is 12.2. The van der Waals surface area contributed by atoms with Gasteiger partial charge in [-0.25, -0.2) is 0 Å². The van der Waals surface area contributed by atoms with Gasteiger partial charge in [0.25, 0.3) is 0 Å². The molecule has 3 aromatic carbocycles. The van der Waals surface area contributed by atoms with E-state index in [1.165, 1.54) is 11.3 Å². The van der Waals surface area contributed by atoms with Gasteiger partial charge in [0, 0.05) is 51.3 Å². The van der Waals surface area contributed by atoms with Crippen molar-refractivity contribution in [2.24, 2.45) is 0 Å². The van der Waals surface area contributed by atoms with E-state index in [9.17, 15) is 9.90 Å². The summed E-state index contributed by atoms with van der Waals surface area (Å²) in [6.07, 6.45) is 0. The molecule has 1 aromatic heterocycles. The number of ketones is 1. The number of aliphatic hydroxyl groups excluding tert-OH is 1. The van der Waals surface area contributed by atoms with E-state index in [1.54, 1.807) is 25.3 Å². The number of aliphatic hydroxyl groups is 1. The molecule has 2 N–H and O–H groups in total. The molecule has 0 atom stereocenters. The van der Waals surface area contributed by atoms with Crippen LogP contribution >= 0.6 is 11.3 Å². The molecule has 2 heterocycles. The SMILES string of the molecule is COc1cc(C(=O)c2c(-c3ccc(OCCO)cc3)sc3cc(O)ccc23)ccc1CN1CCOCC1. The number of morpholine rings is 1. The summed E-state index contributed by atoms with van der Waals surface area (Å²) in [5.41, 5.74) is 3.03. The Labute approximate surface area is 219 Å². The summed E-state index contributed by atoms with van der Waals surface area (Å²) in [6.45, 7) is 4.06. The van der Waals surface area contributed by atoms with Crippen LogP contribution in [-0.2, 0) is 11.3 Å². The Morgan fingerprint density at radius 3 is 2.57 bits per heavy atom. The molecule has 37 heavy (non-hydrogen) atoms. The number of methoxy groups -OCH3 is 1. The lowest BCUT2D eigenvalue weighted by Gasteiger charge is -2.27. The highest BCUT2D eigenvalue weighted by Gasteiger charge is 2.23. The molecule has 8 heteroatoms. The van der Waals surface area contributed by atoms with Gasteiger partial charge in [0.15, 0.2) is 5.78 Å². The number of carbonyl (C=O) groups is 1. The van der Waals surface area contributed by atoms with E-state index in [2.05, 4.69) is 4.90 Å². The van der Waals surface area contributed by atoms with Crippen LogP contribution in [0.4, 0.5) is 0 Å². The quantitative estimate of drug-likeness (QED) is 0.310. The highest BCUT2D eigenvalue weighted by molar-refractivity contribution is 7.22. The third kappa shape index (κ3) is 5.47. The van der Waals surface area contributed by atoms with E-state index >= 15 is 0 Å². The fourth-order valence-electron chi connectivity index (χ4n) is 4.54. The summed E-state index contributed by atoms with van der Waals surface area (Å²) in [4.78, 5) is 17.1. The zero-order valence-corrected chi connectivity index (χ0v) is 21.4. The molecule has 0 unspecified atom stereocenters. The topological polar surface area (TPSA) is 88.5 Å². The lowest BCUT2D eigenvalue weighted by atomic mass is 9.96. The van der Waals surface area contributed by atoms with Gasteiger partial charge in [-0.15, -0.1) is 11.3 Å². The molecule has 0 aliphatic carbocycles. The van der Waals surface area contributed by atoms with E-state index in [-0.39, 0.29) is 24.7 Å². The number of nitrogens with zero attached hydrogens (tertiary/aromatic N) is 1. The number of aromatic hydroxyl groups is 1. The van der Waals surface area contributed by atoms with Gasteiger partial charge in [-0.2, -0.15) is 0 Å². The molecule has 0 bridgehead atoms. The Morgan fingerprint density at radius 1 is 1.05 bits per heavy atom. The van der Waals surface area contributed by atoms with Gasteiger partial charge in [0.1, 0.15) is 23.9 Å². The lowest BCUT2D eigenvalue weighted by molar-refractivity contribution is 0.0339. The molecule has 0 saturated carbocycles. The minimum Gasteiger partial charge on any atom is -0.508 e. The fourth-order valence-corrected chi connectivity index (χ4v) is 5.78. The molecule has 7 nitrogen and oxygen atoms in total. The molecule has 1 fully saturated rings. The van der Waals surface area contributed by atoms with Crippen LogP contribution in [0.3, 0.4) is 0 Å².